The molecule has 0 saturated heterocycles. The van der Waals surface area contributed by atoms with E-state index in [0.717, 1.165) is 16.7 Å². The topological polar surface area (TPSA) is 100 Å². The van der Waals surface area contributed by atoms with Crippen LogP contribution >= 0.6 is 15.9 Å². The fourth-order valence-corrected chi connectivity index (χ4v) is 3.98. The molecule has 204 valence electrons. The highest BCUT2D eigenvalue weighted by Crippen LogP contribution is 2.21. The first-order valence-electron chi connectivity index (χ1n) is 12.2. The van der Waals surface area contributed by atoms with Crippen molar-refractivity contribution in [1.82, 2.24) is 0 Å². The van der Waals surface area contributed by atoms with Crippen LogP contribution in [0.15, 0.2) is 78.0 Å². The Morgan fingerprint density at radius 2 is 1.13 bits per heavy atom. The van der Waals surface area contributed by atoms with E-state index in [-0.39, 0.29) is 6.61 Å². The molecule has 39 heavy (non-hydrogen) atoms. The van der Waals surface area contributed by atoms with E-state index in [1.165, 1.54) is 13.3 Å². The fraction of sp³-hybridized carbons (Fsp3) is 0.267. The average Bonchev–Trinajstić information content (AvgIpc) is 2.93. The molecule has 0 saturated carbocycles. The predicted molar refractivity (Wildman–Crippen MR) is 150 cm³/mol. The molecule has 8 nitrogen and oxygen atoms in total. The van der Waals surface area contributed by atoms with Gasteiger partial charge in [-0.1, -0.05) is 74.2 Å². The Morgan fingerprint density at radius 1 is 0.718 bits per heavy atom. The molecule has 0 spiro atoms. The first-order valence-corrected chi connectivity index (χ1v) is 13.1. The van der Waals surface area contributed by atoms with Gasteiger partial charge in [-0.15, -0.1) is 0 Å². The maximum absolute atomic E-state index is 13.1. The lowest BCUT2D eigenvalue weighted by molar-refractivity contribution is -0.0209. The van der Waals surface area contributed by atoms with Crippen LogP contribution in [0.3, 0.4) is 0 Å². The van der Waals surface area contributed by atoms with Crippen LogP contribution in [0.1, 0.15) is 47.8 Å². The highest BCUT2D eigenvalue weighted by molar-refractivity contribution is 9.09. The van der Waals surface area contributed by atoms with Crippen LogP contribution in [0, 0.1) is 20.8 Å². The van der Waals surface area contributed by atoms with Gasteiger partial charge in [0.25, 0.3) is 0 Å². The number of hydrogen-bond acceptors (Lipinski definition) is 8. The van der Waals surface area contributed by atoms with Crippen molar-refractivity contribution in [2.24, 2.45) is 5.16 Å². The van der Waals surface area contributed by atoms with E-state index >= 15 is 0 Å². The van der Waals surface area contributed by atoms with Gasteiger partial charge in [-0.3, -0.25) is 0 Å². The molecule has 3 aromatic carbocycles. The second-order valence-electron chi connectivity index (χ2n) is 8.89. The molecule has 0 aliphatic heterocycles. The number of ether oxygens (including phenoxy) is 3. The highest BCUT2D eigenvalue weighted by atomic mass is 79.9. The number of rotatable bonds is 11. The smallest absolute Gasteiger partial charge is 0.338 e. The Morgan fingerprint density at radius 3 is 1.56 bits per heavy atom. The molecule has 3 atom stereocenters. The summed E-state index contributed by atoms with van der Waals surface area (Å²) < 4.78 is 17.0. The Hall–Kier alpha value is -3.98. The number of nitrogens with zero attached hydrogens (tertiary/aromatic N) is 1. The second kappa shape index (κ2) is 14.2. The largest absolute Gasteiger partial charge is 0.461 e. The average molecular weight is 596 g/mol. The van der Waals surface area contributed by atoms with E-state index in [0.29, 0.717) is 16.7 Å². The summed E-state index contributed by atoms with van der Waals surface area (Å²) in [6.07, 6.45) is -1.11. The Balaban J connectivity index is 1.85. The minimum Gasteiger partial charge on any atom is -0.461 e. The van der Waals surface area contributed by atoms with Crippen LogP contribution in [0.5, 0.6) is 0 Å². The van der Waals surface area contributed by atoms with Crippen molar-refractivity contribution in [3.05, 3.63) is 106 Å². The van der Waals surface area contributed by atoms with Crippen LogP contribution in [0.4, 0.5) is 0 Å². The van der Waals surface area contributed by atoms with Gasteiger partial charge in [0.15, 0.2) is 12.2 Å². The molecule has 0 fully saturated rings. The van der Waals surface area contributed by atoms with E-state index < -0.39 is 34.9 Å². The number of carbonyl (C=O) groups excluding carboxylic acids is 3. The van der Waals surface area contributed by atoms with Gasteiger partial charge in [0.05, 0.1) is 27.7 Å². The molecule has 0 bridgehead atoms. The van der Waals surface area contributed by atoms with Crippen LogP contribution in [0.25, 0.3) is 0 Å². The molecule has 0 amide bonds. The highest BCUT2D eigenvalue weighted by Gasteiger charge is 2.35. The van der Waals surface area contributed by atoms with Crippen molar-refractivity contribution in [3.8, 4) is 0 Å². The first kappa shape index (κ1) is 29.6. The van der Waals surface area contributed by atoms with Crippen LogP contribution in [0.2, 0.25) is 0 Å². The third-order valence-electron chi connectivity index (χ3n) is 5.72. The molecule has 9 heteroatoms. The summed E-state index contributed by atoms with van der Waals surface area (Å²) in [7, 11) is 1.33. The third-order valence-corrected chi connectivity index (χ3v) is 6.50. The number of halogens is 1. The normalized spacial score (nSPS) is 13.3. The second-order valence-corrected chi connectivity index (χ2v) is 10.1. The maximum atomic E-state index is 13.1. The number of alkyl halides is 1. The van der Waals surface area contributed by atoms with Gasteiger partial charge < -0.3 is 19.0 Å². The van der Waals surface area contributed by atoms with Crippen molar-refractivity contribution in [3.63, 3.8) is 0 Å². The van der Waals surface area contributed by atoms with Gasteiger partial charge in [-0.2, -0.15) is 0 Å². The van der Waals surface area contributed by atoms with Gasteiger partial charge in [0.1, 0.15) is 13.7 Å². The lowest BCUT2D eigenvalue weighted by Gasteiger charge is -2.28. The number of oxime groups is 1. The summed E-state index contributed by atoms with van der Waals surface area (Å²) in [5.74, 6) is -1.87. The summed E-state index contributed by atoms with van der Waals surface area (Å²) in [5.41, 5.74) is 3.93. The molecule has 3 rings (SSSR count). The van der Waals surface area contributed by atoms with Gasteiger partial charge in [0, 0.05) is 0 Å². The van der Waals surface area contributed by atoms with Crippen molar-refractivity contribution >= 4 is 40.1 Å². The molecule has 0 N–H and O–H groups in total. The molecular formula is C30H30BrNO7. The quantitative estimate of drug-likeness (QED) is 0.0932. The van der Waals surface area contributed by atoms with Crippen LogP contribution in [-0.4, -0.2) is 54.9 Å². The van der Waals surface area contributed by atoms with Crippen LogP contribution in [-0.2, 0) is 19.0 Å². The Bertz CT molecular complexity index is 1290. The summed E-state index contributed by atoms with van der Waals surface area (Å²) >= 11 is 3.47. The zero-order chi connectivity index (χ0) is 28.4. The van der Waals surface area contributed by atoms with Crippen molar-refractivity contribution in [2.45, 2.75) is 37.8 Å². The molecule has 0 heterocycles. The summed E-state index contributed by atoms with van der Waals surface area (Å²) in [6.45, 7) is 5.52. The minimum absolute atomic E-state index is 0.196. The SMILES string of the molecule is CO/N=C/[C@H](OC(=O)c1ccc(C)cc1)[C@@H](OC(=O)c1ccc(C)cc1)[C@H](Br)COC(=O)c1ccc(C)cc1. The van der Waals surface area contributed by atoms with E-state index in [1.54, 1.807) is 72.8 Å². The van der Waals surface area contributed by atoms with E-state index in [1.807, 2.05) is 20.8 Å². The summed E-state index contributed by atoms with van der Waals surface area (Å²) in [4.78, 5) is 42.7. The number of carbonyl (C=O) groups is 3. The minimum atomic E-state index is -1.18. The zero-order valence-corrected chi connectivity index (χ0v) is 23.7. The van der Waals surface area contributed by atoms with Crippen molar-refractivity contribution in [1.29, 1.82) is 0 Å². The summed E-state index contributed by atoms with van der Waals surface area (Å²) in [5, 5.41) is 3.76. The lowest BCUT2D eigenvalue weighted by Crippen LogP contribution is -2.44. The first-order chi connectivity index (χ1) is 18.7. The number of aryl methyl sites for hydroxylation is 3. The molecule has 0 aromatic heterocycles. The van der Waals surface area contributed by atoms with Gasteiger partial charge >= 0.3 is 17.9 Å². The predicted octanol–water partition coefficient (Wildman–Crippen LogP) is 5.62. The molecule has 0 unspecified atom stereocenters. The fourth-order valence-electron chi connectivity index (χ4n) is 3.44. The van der Waals surface area contributed by atoms with Crippen molar-refractivity contribution < 1.29 is 33.4 Å². The van der Waals surface area contributed by atoms with Gasteiger partial charge in [-0.25, -0.2) is 14.4 Å². The molecule has 0 aliphatic carbocycles. The molecule has 3 aromatic rings. The van der Waals surface area contributed by atoms with Crippen LogP contribution < -0.4 is 0 Å². The number of hydrogen-bond donors (Lipinski definition) is 0. The Labute approximate surface area is 236 Å². The Kier molecular flexibility index (Phi) is 10.8. The van der Waals surface area contributed by atoms with E-state index in [2.05, 4.69) is 21.1 Å². The zero-order valence-electron chi connectivity index (χ0n) is 22.1. The molecular weight excluding hydrogens is 566 g/mol. The third kappa shape index (κ3) is 8.78. The van der Waals surface area contributed by atoms with E-state index in [4.69, 9.17) is 19.0 Å². The summed E-state index contributed by atoms with van der Waals surface area (Å²) in [6, 6.07) is 20.6. The molecule has 0 aliphatic rings. The van der Waals surface area contributed by atoms with E-state index in [9.17, 15) is 14.4 Å². The number of benzene rings is 3. The monoisotopic (exact) mass is 595 g/mol. The van der Waals surface area contributed by atoms with Gasteiger partial charge in [0.2, 0.25) is 0 Å². The number of esters is 3. The van der Waals surface area contributed by atoms with Crippen molar-refractivity contribution in [2.75, 3.05) is 13.7 Å². The lowest BCUT2D eigenvalue weighted by atomic mass is 10.1. The standard InChI is InChI=1S/C30H30BrNO7/c1-19-5-11-22(12-6-19)28(33)37-18-25(31)27(39-30(35)24-15-9-21(3)10-16-24)26(17-32-36-4)38-29(34)23-13-7-20(2)8-14-23/h5-17,25-27H,18H2,1-4H3/b32-17+/t25-,26+,27+/m1/s1. The maximum Gasteiger partial charge on any atom is 0.338 e. The molecule has 0 radical (unpaired) electrons. The van der Waals surface area contributed by atoms with Gasteiger partial charge in [-0.05, 0) is 57.2 Å².